The van der Waals surface area contributed by atoms with E-state index < -0.39 is 0 Å². The largest absolute Gasteiger partial charge is 0.317 e. The highest BCUT2D eigenvalue weighted by Gasteiger charge is 1.94. The highest BCUT2D eigenvalue weighted by atomic mass is 14.8. The molecule has 0 spiro atoms. The van der Waals surface area contributed by atoms with Crippen LogP contribution in [-0.4, -0.2) is 13.1 Å². The van der Waals surface area contributed by atoms with E-state index in [0.29, 0.717) is 0 Å². The van der Waals surface area contributed by atoms with Crippen molar-refractivity contribution in [3.8, 4) is 0 Å². The smallest absolute Gasteiger partial charge is 0.00489 e. The lowest BCUT2D eigenvalue weighted by Gasteiger charge is -2.04. The lowest BCUT2D eigenvalue weighted by molar-refractivity contribution is 0.536. The van der Waals surface area contributed by atoms with E-state index in [1.807, 2.05) is 0 Å². The van der Waals surface area contributed by atoms with E-state index in [0.717, 1.165) is 0 Å². The van der Waals surface area contributed by atoms with Crippen molar-refractivity contribution < 1.29 is 0 Å². The van der Waals surface area contributed by atoms with Crippen LogP contribution in [0.5, 0.6) is 0 Å². The van der Waals surface area contributed by atoms with E-state index in [1.54, 1.807) is 0 Å². The molecule has 0 radical (unpaired) electrons. The van der Waals surface area contributed by atoms with Gasteiger partial charge in [0.05, 0.1) is 0 Å². The molecule has 1 N–H and O–H groups in total. The Balaban J connectivity index is -0.000000574. The first-order valence-corrected chi connectivity index (χ1v) is 20.9. The van der Waals surface area contributed by atoms with E-state index in [-0.39, 0.29) is 0 Å². The van der Waals surface area contributed by atoms with Crippen LogP contribution in [0.1, 0.15) is 260 Å². The molecule has 0 aliphatic carbocycles. The summed E-state index contributed by atoms with van der Waals surface area (Å²) < 4.78 is 0. The molecular formula is C42H91N. The molecule has 0 saturated carbocycles. The summed E-state index contributed by atoms with van der Waals surface area (Å²) in [5.74, 6) is 0. The molecule has 0 saturated heterocycles. The Morgan fingerprint density at radius 3 is 0.558 bits per heavy atom. The molecule has 0 heterocycles. The second kappa shape index (κ2) is 51.5. The first-order valence-electron chi connectivity index (χ1n) is 20.9. The van der Waals surface area contributed by atoms with Crippen LogP contribution in [0.3, 0.4) is 0 Å². The topological polar surface area (TPSA) is 12.0 Å². The van der Waals surface area contributed by atoms with E-state index in [1.165, 1.54) is 231 Å². The minimum absolute atomic E-state index is 1.22. The molecule has 43 heavy (non-hydrogen) atoms. The zero-order chi connectivity index (χ0) is 32.2. The third-order valence-corrected chi connectivity index (χ3v) is 8.83. The third-order valence-electron chi connectivity index (χ3n) is 8.83. The first-order chi connectivity index (χ1) is 21.2. The molecule has 1 nitrogen and oxygen atoms in total. The Labute approximate surface area is 277 Å². The van der Waals surface area contributed by atoms with Crippen molar-refractivity contribution in [3.05, 3.63) is 0 Å². The Kier molecular flexibility index (Phi) is 56.8. The zero-order valence-electron chi connectivity index (χ0n) is 32.0. The SMILES string of the molecule is CCCCCCCCCCCC.CCCCCCCCCCCCC.CCCCCCCCCCCCCNCCCC. The van der Waals surface area contributed by atoms with Crippen LogP contribution in [-0.2, 0) is 0 Å². The van der Waals surface area contributed by atoms with Gasteiger partial charge in [0, 0.05) is 0 Å². The van der Waals surface area contributed by atoms with Gasteiger partial charge in [0.15, 0.2) is 0 Å². The predicted molar refractivity (Wildman–Crippen MR) is 204 cm³/mol. The van der Waals surface area contributed by atoms with Crippen molar-refractivity contribution in [1.82, 2.24) is 5.32 Å². The van der Waals surface area contributed by atoms with Gasteiger partial charge in [-0.05, 0) is 25.9 Å². The van der Waals surface area contributed by atoms with Crippen LogP contribution in [0.25, 0.3) is 0 Å². The maximum Gasteiger partial charge on any atom is -0.00489 e. The molecule has 0 bridgehead atoms. The molecule has 0 atom stereocenters. The van der Waals surface area contributed by atoms with E-state index in [9.17, 15) is 0 Å². The summed E-state index contributed by atoms with van der Waals surface area (Å²) >= 11 is 0. The normalized spacial score (nSPS) is 10.7. The van der Waals surface area contributed by atoms with Crippen molar-refractivity contribution in [3.63, 3.8) is 0 Å². The Bertz CT molecular complexity index is 356. The van der Waals surface area contributed by atoms with Crippen LogP contribution in [0.2, 0.25) is 0 Å². The van der Waals surface area contributed by atoms with Gasteiger partial charge in [-0.3, -0.25) is 0 Å². The third kappa shape index (κ3) is 58.1. The molecule has 0 aliphatic rings. The number of hydrogen-bond acceptors (Lipinski definition) is 1. The highest BCUT2D eigenvalue weighted by Crippen LogP contribution is 2.12. The molecular weight excluding hydrogens is 518 g/mol. The van der Waals surface area contributed by atoms with Crippen LogP contribution < -0.4 is 5.32 Å². The van der Waals surface area contributed by atoms with Gasteiger partial charge in [-0.25, -0.2) is 0 Å². The van der Waals surface area contributed by atoms with Crippen LogP contribution >= 0.6 is 0 Å². The van der Waals surface area contributed by atoms with Crippen molar-refractivity contribution >= 4 is 0 Å². The fourth-order valence-electron chi connectivity index (χ4n) is 5.64. The molecule has 0 amide bonds. The average Bonchev–Trinajstić information content (AvgIpc) is 3.02. The summed E-state index contributed by atoms with van der Waals surface area (Å²) in [6.45, 7) is 16.1. The van der Waals surface area contributed by atoms with Crippen molar-refractivity contribution in [2.24, 2.45) is 0 Å². The molecule has 0 aromatic heterocycles. The summed E-state index contributed by atoms with van der Waals surface area (Å²) in [5, 5.41) is 3.52. The first kappa shape index (κ1) is 47.4. The molecule has 0 unspecified atom stereocenters. The molecule has 264 valence electrons. The Morgan fingerprint density at radius 2 is 0.349 bits per heavy atom. The summed E-state index contributed by atoms with van der Waals surface area (Å²) in [5.41, 5.74) is 0. The predicted octanol–water partition coefficient (Wildman–Crippen LogP) is 15.9. The quantitative estimate of drug-likeness (QED) is 0.0715. The Hall–Kier alpha value is -0.0400. The van der Waals surface area contributed by atoms with Crippen molar-refractivity contribution in [2.75, 3.05) is 13.1 Å². The molecule has 0 aromatic carbocycles. The van der Waals surface area contributed by atoms with Gasteiger partial charge < -0.3 is 5.32 Å². The van der Waals surface area contributed by atoms with Crippen molar-refractivity contribution in [2.45, 2.75) is 260 Å². The second-order valence-corrected chi connectivity index (χ2v) is 13.6. The summed E-state index contributed by atoms with van der Waals surface area (Å²) in [6, 6.07) is 0. The van der Waals surface area contributed by atoms with Crippen LogP contribution in [0, 0.1) is 0 Å². The molecule has 0 aliphatic heterocycles. The van der Waals surface area contributed by atoms with Gasteiger partial charge in [0.2, 0.25) is 0 Å². The maximum atomic E-state index is 3.52. The fraction of sp³-hybridized carbons (Fsp3) is 1.00. The highest BCUT2D eigenvalue weighted by molar-refractivity contribution is 4.51. The van der Waals surface area contributed by atoms with E-state index >= 15 is 0 Å². The van der Waals surface area contributed by atoms with Gasteiger partial charge in [0.1, 0.15) is 0 Å². The van der Waals surface area contributed by atoms with Gasteiger partial charge in [-0.15, -0.1) is 0 Å². The maximum absolute atomic E-state index is 3.52. The van der Waals surface area contributed by atoms with Gasteiger partial charge in [0.25, 0.3) is 0 Å². The van der Waals surface area contributed by atoms with Crippen LogP contribution in [0.4, 0.5) is 0 Å². The molecule has 0 rings (SSSR count). The number of rotatable bonds is 34. The van der Waals surface area contributed by atoms with Gasteiger partial charge in [-0.2, -0.15) is 0 Å². The summed E-state index contributed by atoms with van der Waals surface area (Å²) in [6.07, 6.45) is 48.9. The lowest BCUT2D eigenvalue weighted by Crippen LogP contribution is -2.16. The number of hydrogen-bond donors (Lipinski definition) is 1. The van der Waals surface area contributed by atoms with Gasteiger partial charge in [-0.1, -0.05) is 247 Å². The van der Waals surface area contributed by atoms with Crippen LogP contribution in [0.15, 0.2) is 0 Å². The number of unbranched alkanes of at least 4 members (excludes halogenated alkanes) is 30. The zero-order valence-corrected chi connectivity index (χ0v) is 32.0. The Morgan fingerprint density at radius 1 is 0.186 bits per heavy atom. The van der Waals surface area contributed by atoms with E-state index in [4.69, 9.17) is 0 Å². The average molecular weight is 610 g/mol. The summed E-state index contributed by atoms with van der Waals surface area (Å²) in [7, 11) is 0. The minimum Gasteiger partial charge on any atom is -0.317 e. The molecule has 0 fully saturated rings. The number of nitrogens with one attached hydrogen (secondary N) is 1. The standard InChI is InChI=1S/C17H37N.C13H28.C12H26/c1-3-5-7-8-9-10-11-12-13-14-15-17-18-16-6-4-2;1-3-5-7-9-11-13-12-10-8-6-4-2;1-3-5-7-9-11-12-10-8-6-4-2/h18H,3-17H2,1-2H3;3-13H2,1-2H3;3-12H2,1-2H3. The second-order valence-electron chi connectivity index (χ2n) is 13.6. The van der Waals surface area contributed by atoms with Crippen molar-refractivity contribution in [1.29, 1.82) is 0 Å². The van der Waals surface area contributed by atoms with E-state index in [2.05, 4.69) is 46.9 Å². The monoisotopic (exact) mass is 610 g/mol. The fourth-order valence-corrected chi connectivity index (χ4v) is 5.64. The molecule has 1 heteroatoms. The minimum atomic E-state index is 1.22. The lowest BCUT2D eigenvalue weighted by atomic mass is 10.1. The molecule has 0 aromatic rings. The van der Waals surface area contributed by atoms with Gasteiger partial charge >= 0.3 is 0 Å². The summed E-state index contributed by atoms with van der Waals surface area (Å²) in [4.78, 5) is 0.